The third kappa shape index (κ3) is 1.84. The predicted octanol–water partition coefficient (Wildman–Crippen LogP) is 1.78. The van der Waals surface area contributed by atoms with Crippen LogP contribution in [0.5, 0.6) is 0 Å². The summed E-state index contributed by atoms with van der Waals surface area (Å²) in [6.45, 7) is 1.77. The average molecular weight is 207 g/mol. The van der Waals surface area contributed by atoms with E-state index in [1.54, 1.807) is 19.1 Å². The maximum absolute atomic E-state index is 11.8. The zero-order valence-electron chi connectivity index (χ0n) is 9.07. The molecular formula is C12H17NO2. The Morgan fingerprint density at radius 2 is 1.93 bits per heavy atom. The van der Waals surface area contributed by atoms with E-state index in [0.717, 1.165) is 24.0 Å². The maximum atomic E-state index is 11.8. The summed E-state index contributed by atoms with van der Waals surface area (Å²) >= 11 is 0. The summed E-state index contributed by atoms with van der Waals surface area (Å²) in [5, 5.41) is 22.3. The molecule has 3 heteroatoms. The molecule has 0 spiro atoms. The molecule has 3 nitrogen and oxygen atoms in total. The Bertz CT molecular complexity index is 357. The molecular weight excluding hydrogens is 190 g/mol. The van der Waals surface area contributed by atoms with Gasteiger partial charge in [0.1, 0.15) is 5.60 Å². The van der Waals surface area contributed by atoms with Crippen LogP contribution in [0.3, 0.4) is 0 Å². The van der Waals surface area contributed by atoms with Crippen molar-refractivity contribution >= 4 is 0 Å². The van der Waals surface area contributed by atoms with Crippen molar-refractivity contribution in [1.82, 2.24) is 0 Å². The number of hydrogen-bond acceptors (Lipinski definition) is 2. The minimum absolute atomic E-state index is 0.516. The SMILES string of the molecule is Cc1cccc(C2(O)CCCCC2)[n+]1[O-]. The molecule has 0 radical (unpaired) electrons. The first-order valence-electron chi connectivity index (χ1n) is 5.55. The van der Waals surface area contributed by atoms with E-state index in [4.69, 9.17) is 0 Å². The van der Waals surface area contributed by atoms with Gasteiger partial charge in [0.05, 0.1) is 0 Å². The highest BCUT2D eigenvalue weighted by atomic mass is 16.5. The Kier molecular flexibility index (Phi) is 2.65. The van der Waals surface area contributed by atoms with Crippen molar-refractivity contribution in [2.24, 2.45) is 0 Å². The minimum Gasteiger partial charge on any atom is -0.618 e. The lowest BCUT2D eigenvalue weighted by Gasteiger charge is -2.30. The summed E-state index contributed by atoms with van der Waals surface area (Å²) in [5.74, 6) is 0. The van der Waals surface area contributed by atoms with Gasteiger partial charge in [-0.2, -0.15) is 4.73 Å². The van der Waals surface area contributed by atoms with Gasteiger partial charge in [0.2, 0.25) is 5.69 Å². The second-order valence-electron chi connectivity index (χ2n) is 4.44. The third-order valence-electron chi connectivity index (χ3n) is 3.29. The van der Waals surface area contributed by atoms with E-state index in [1.165, 1.54) is 0 Å². The Morgan fingerprint density at radius 1 is 1.27 bits per heavy atom. The van der Waals surface area contributed by atoms with Crippen molar-refractivity contribution in [1.29, 1.82) is 0 Å². The van der Waals surface area contributed by atoms with Crippen molar-refractivity contribution in [2.75, 3.05) is 0 Å². The van der Waals surface area contributed by atoms with Crippen molar-refractivity contribution in [3.8, 4) is 0 Å². The van der Waals surface area contributed by atoms with Crippen molar-refractivity contribution in [2.45, 2.75) is 44.6 Å². The molecule has 2 rings (SSSR count). The van der Waals surface area contributed by atoms with E-state index < -0.39 is 5.60 Å². The van der Waals surface area contributed by atoms with Crippen LogP contribution in [0.25, 0.3) is 0 Å². The van der Waals surface area contributed by atoms with Gasteiger partial charge in [-0.25, -0.2) is 0 Å². The van der Waals surface area contributed by atoms with Crippen molar-refractivity contribution in [3.05, 3.63) is 34.8 Å². The van der Waals surface area contributed by atoms with Gasteiger partial charge in [-0.1, -0.05) is 6.42 Å². The van der Waals surface area contributed by atoms with Crippen LogP contribution >= 0.6 is 0 Å². The fourth-order valence-corrected chi connectivity index (χ4v) is 2.34. The normalized spacial score (nSPS) is 20.1. The van der Waals surface area contributed by atoms with E-state index in [9.17, 15) is 10.3 Å². The van der Waals surface area contributed by atoms with Gasteiger partial charge >= 0.3 is 0 Å². The van der Waals surface area contributed by atoms with E-state index in [0.29, 0.717) is 24.2 Å². The number of nitrogens with zero attached hydrogens (tertiary/aromatic N) is 1. The van der Waals surface area contributed by atoms with Crippen LogP contribution in [0.1, 0.15) is 43.5 Å². The molecule has 82 valence electrons. The number of pyridine rings is 1. The minimum atomic E-state index is -0.897. The largest absolute Gasteiger partial charge is 0.618 e. The lowest BCUT2D eigenvalue weighted by molar-refractivity contribution is -0.630. The molecule has 1 saturated carbocycles. The predicted molar refractivity (Wildman–Crippen MR) is 57.1 cm³/mol. The molecule has 1 fully saturated rings. The molecule has 1 heterocycles. The van der Waals surface area contributed by atoms with E-state index in [1.807, 2.05) is 6.07 Å². The van der Waals surface area contributed by atoms with Crippen molar-refractivity contribution < 1.29 is 9.84 Å². The van der Waals surface area contributed by atoms with E-state index in [2.05, 4.69) is 0 Å². The molecule has 0 bridgehead atoms. The zero-order chi connectivity index (χ0) is 10.9. The van der Waals surface area contributed by atoms with Crippen LogP contribution in [0, 0.1) is 12.1 Å². The Labute approximate surface area is 90.0 Å². The summed E-state index contributed by atoms with van der Waals surface area (Å²) in [6.07, 6.45) is 4.58. The van der Waals surface area contributed by atoms with Crippen LogP contribution in [0.4, 0.5) is 0 Å². The van der Waals surface area contributed by atoms with Gasteiger partial charge in [0, 0.05) is 19.1 Å². The fraction of sp³-hybridized carbons (Fsp3) is 0.583. The highest BCUT2D eigenvalue weighted by molar-refractivity contribution is 5.11. The summed E-state index contributed by atoms with van der Waals surface area (Å²) in [5.41, 5.74) is 0.264. The Morgan fingerprint density at radius 3 is 2.60 bits per heavy atom. The van der Waals surface area contributed by atoms with Crippen molar-refractivity contribution in [3.63, 3.8) is 0 Å². The smallest absolute Gasteiger partial charge is 0.224 e. The first-order chi connectivity index (χ1) is 7.13. The first kappa shape index (κ1) is 10.4. The van der Waals surface area contributed by atoms with Gasteiger partial charge in [-0.3, -0.25) is 0 Å². The van der Waals surface area contributed by atoms with Crippen LogP contribution in [-0.4, -0.2) is 5.11 Å². The molecule has 0 amide bonds. The Balaban J connectivity index is 2.39. The number of aliphatic hydroxyl groups is 1. The second kappa shape index (κ2) is 3.81. The number of aromatic nitrogens is 1. The zero-order valence-corrected chi connectivity index (χ0v) is 9.07. The molecule has 1 N–H and O–H groups in total. The Hall–Kier alpha value is -1.09. The number of rotatable bonds is 1. The summed E-state index contributed by atoms with van der Waals surface area (Å²) in [4.78, 5) is 0. The summed E-state index contributed by atoms with van der Waals surface area (Å²) in [7, 11) is 0. The van der Waals surface area contributed by atoms with E-state index in [-0.39, 0.29) is 0 Å². The molecule has 1 aromatic rings. The summed E-state index contributed by atoms with van der Waals surface area (Å²) in [6, 6.07) is 5.35. The third-order valence-corrected chi connectivity index (χ3v) is 3.29. The highest BCUT2D eigenvalue weighted by Gasteiger charge is 2.37. The second-order valence-corrected chi connectivity index (χ2v) is 4.44. The van der Waals surface area contributed by atoms with Gasteiger partial charge < -0.3 is 10.3 Å². The molecule has 0 atom stereocenters. The van der Waals surface area contributed by atoms with Crippen LogP contribution in [0.2, 0.25) is 0 Å². The lowest BCUT2D eigenvalue weighted by Crippen LogP contribution is -2.45. The molecule has 1 aliphatic carbocycles. The molecule has 0 aliphatic heterocycles. The van der Waals surface area contributed by atoms with Crippen LogP contribution < -0.4 is 4.73 Å². The number of aryl methyl sites for hydroxylation is 1. The average Bonchev–Trinajstić information content (AvgIpc) is 2.23. The monoisotopic (exact) mass is 207 g/mol. The van der Waals surface area contributed by atoms with Gasteiger partial charge in [0.15, 0.2) is 5.69 Å². The molecule has 15 heavy (non-hydrogen) atoms. The number of hydrogen-bond donors (Lipinski definition) is 1. The lowest BCUT2D eigenvalue weighted by atomic mass is 9.82. The molecule has 1 aliphatic rings. The molecule has 1 aromatic heterocycles. The standard InChI is InChI=1S/C12H17NO2/c1-10-6-5-7-11(13(10)15)12(14)8-3-2-4-9-12/h5-7,14H,2-4,8-9H2,1H3. The topological polar surface area (TPSA) is 47.2 Å². The quantitative estimate of drug-likeness (QED) is 0.563. The van der Waals surface area contributed by atoms with E-state index >= 15 is 0 Å². The molecule has 0 saturated heterocycles. The molecule has 0 aromatic carbocycles. The summed E-state index contributed by atoms with van der Waals surface area (Å²) < 4.78 is 0.866. The van der Waals surface area contributed by atoms with Crippen LogP contribution in [0.15, 0.2) is 18.2 Å². The highest BCUT2D eigenvalue weighted by Crippen LogP contribution is 2.35. The van der Waals surface area contributed by atoms with Gasteiger partial charge in [0.25, 0.3) is 0 Å². The first-order valence-corrected chi connectivity index (χ1v) is 5.55. The fourth-order valence-electron chi connectivity index (χ4n) is 2.34. The van der Waals surface area contributed by atoms with Crippen LogP contribution in [-0.2, 0) is 5.60 Å². The van der Waals surface area contributed by atoms with Gasteiger partial charge in [-0.15, -0.1) is 0 Å². The maximum Gasteiger partial charge on any atom is 0.224 e. The van der Waals surface area contributed by atoms with Gasteiger partial charge in [-0.05, 0) is 31.7 Å². The molecule has 0 unspecified atom stereocenters.